The molecule has 0 amide bonds. The highest BCUT2D eigenvalue weighted by atomic mass is 31.2. The first-order valence-electron chi connectivity index (χ1n) is 6.34. The summed E-state index contributed by atoms with van der Waals surface area (Å²) >= 11 is 0. The van der Waals surface area contributed by atoms with Gasteiger partial charge in [-0.25, -0.2) is 9.18 Å². The molecule has 2 rings (SSSR count). The predicted molar refractivity (Wildman–Crippen MR) is 74.2 cm³/mol. The van der Waals surface area contributed by atoms with Gasteiger partial charge in [0.1, 0.15) is 18.0 Å². The minimum atomic E-state index is -3.95. The number of alkyl halides is 1. The summed E-state index contributed by atoms with van der Waals surface area (Å²) in [6, 6.07) is 1.31. The van der Waals surface area contributed by atoms with Crippen LogP contribution >= 0.6 is 7.60 Å². The van der Waals surface area contributed by atoms with Crippen molar-refractivity contribution in [1.82, 2.24) is 9.55 Å². The van der Waals surface area contributed by atoms with E-state index in [-0.39, 0.29) is 12.4 Å². The maximum absolute atomic E-state index is 14.6. The Balaban J connectivity index is 2.30. The second-order valence-corrected chi connectivity index (χ2v) is 6.70. The van der Waals surface area contributed by atoms with E-state index in [2.05, 4.69) is 4.98 Å². The van der Waals surface area contributed by atoms with Crippen LogP contribution in [0.1, 0.15) is 6.23 Å². The molecule has 22 heavy (non-hydrogen) atoms. The third-order valence-corrected chi connectivity index (χ3v) is 3.68. The summed E-state index contributed by atoms with van der Waals surface area (Å²) in [5, 5.41) is 0. The molecule has 11 heteroatoms. The number of hydrogen-bond acceptors (Lipinski definition) is 7. The number of rotatable bonds is 5. The largest absolute Gasteiger partial charge is 0.383 e. The van der Waals surface area contributed by atoms with Gasteiger partial charge < -0.3 is 20.1 Å². The van der Waals surface area contributed by atoms with Crippen LogP contribution in [0.25, 0.3) is 0 Å². The molecule has 1 fully saturated rings. The third-order valence-electron chi connectivity index (χ3n) is 3.04. The molecule has 124 valence electrons. The summed E-state index contributed by atoms with van der Waals surface area (Å²) in [6.45, 7) is 0.868. The highest BCUT2D eigenvalue weighted by molar-refractivity contribution is 7.51. The van der Waals surface area contributed by atoms with Gasteiger partial charge >= 0.3 is 13.3 Å². The van der Waals surface area contributed by atoms with Gasteiger partial charge in [-0.3, -0.25) is 13.7 Å². The molecule has 0 radical (unpaired) electrons. The van der Waals surface area contributed by atoms with Gasteiger partial charge in [0.15, 0.2) is 12.4 Å². The monoisotopic (exact) mass is 337 g/mol. The SMILES string of the molecule is COC[C@H]1O[C@@H](n2ccc(N)nc2=O)[C@@H](F)C1OP(C)(=O)O. The number of ether oxygens (including phenoxy) is 2. The van der Waals surface area contributed by atoms with Crippen LogP contribution in [0, 0.1) is 0 Å². The zero-order valence-electron chi connectivity index (χ0n) is 12.0. The number of nitrogens with two attached hydrogens (primary N) is 1. The molecule has 0 aliphatic carbocycles. The van der Waals surface area contributed by atoms with Crippen LogP contribution in [-0.4, -0.2) is 53.2 Å². The molecule has 0 spiro atoms. The quantitative estimate of drug-likeness (QED) is 0.714. The van der Waals surface area contributed by atoms with E-state index >= 15 is 0 Å². The highest BCUT2D eigenvalue weighted by Gasteiger charge is 2.49. The van der Waals surface area contributed by atoms with Crippen molar-refractivity contribution in [2.45, 2.75) is 24.6 Å². The maximum Gasteiger partial charge on any atom is 0.351 e. The molecule has 3 N–H and O–H groups in total. The summed E-state index contributed by atoms with van der Waals surface area (Å²) in [5.74, 6) is -0.00989. The lowest BCUT2D eigenvalue weighted by atomic mass is 10.1. The summed E-state index contributed by atoms with van der Waals surface area (Å²) < 4.78 is 42.0. The summed E-state index contributed by atoms with van der Waals surface area (Å²) in [6.07, 6.45) is -4.27. The summed E-state index contributed by atoms with van der Waals surface area (Å²) in [5.41, 5.74) is 4.57. The van der Waals surface area contributed by atoms with E-state index < -0.39 is 37.9 Å². The standard InChI is InChI=1S/C11H17FN3O6P/c1-19-5-6-9(21-22(2,17)18)8(12)10(20-6)15-4-3-7(13)14-11(15)16/h3-4,6,8-10H,5H2,1-2H3,(H,17,18)(H2,13,14,16)/t6-,8+,9?,10-/m1/s1. The zero-order chi connectivity index (χ0) is 16.5. The third kappa shape index (κ3) is 3.71. The molecule has 1 saturated heterocycles. The van der Waals surface area contributed by atoms with E-state index in [1.165, 1.54) is 19.4 Å². The van der Waals surface area contributed by atoms with E-state index in [1.807, 2.05) is 0 Å². The second kappa shape index (κ2) is 6.43. The number of nitrogen functional groups attached to an aromatic ring is 1. The van der Waals surface area contributed by atoms with Crippen molar-refractivity contribution < 1.29 is 27.8 Å². The lowest BCUT2D eigenvalue weighted by molar-refractivity contribution is -0.0552. The molecule has 1 aliphatic rings. The Labute approximate surface area is 125 Å². The Bertz CT molecular complexity index is 634. The van der Waals surface area contributed by atoms with Crippen molar-refractivity contribution in [3.8, 4) is 0 Å². The zero-order valence-corrected chi connectivity index (χ0v) is 12.9. The number of halogens is 1. The minimum absolute atomic E-state index is 0.00989. The fourth-order valence-corrected chi connectivity index (χ4v) is 2.89. The first-order valence-corrected chi connectivity index (χ1v) is 8.37. The first kappa shape index (κ1) is 17.0. The van der Waals surface area contributed by atoms with Gasteiger partial charge in [-0.05, 0) is 6.07 Å². The first-order chi connectivity index (χ1) is 10.2. The molecule has 0 aromatic carbocycles. The van der Waals surface area contributed by atoms with Crippen molar-refractivity contribution in [2.75, 3.05) is 26.1 Å². The predicted octanol–water partition coefficient (Wildman–Crippen LogP) is -0.0922. The van der Waals surface area contributed by atoms with E-state index in [4.69, 9.17) is 19.7 Å². The van der Waals surface area contributed by atoms with Gasteiger partial charge in [0.05, 0.1) is 6.61 Å². The number of anilines is 1. The van der Waals surface area contributed by atoms with Crippen LogP contribution in [0.15, 0.2) is 17.1 Å². The molecule has 5 atom stereocenters. The maximum atomic E-state index is 14.6. The molecule has 0 saturated carbocycles. The molecule has 9 nitrogen and oxygen atoms in total. The number of hydrogen-bond donors (Lipinski definition) is 2. The topological polar surface area (TPSA) is 126 Å². The normalized spacial score (nSPS) is 31.1. The Morgan fingerprint density at radius 3 is 2.86 bits per heavy atom. The molecular weight excluding hydrogens is 320 g/mol. The minimum Gasteiger partial charge on any atom is -0.383 e. The van der Waals surface area contributed by atoms with Crippen molar-refractivity contribution in [3.05, 3.63) is 22.7 Å². The summed E-state index contributed by atoms with van der Waals surface area (Å²) in [7, 11) is -2.59. The van der Waals surface area contributed by atoms with Crippen molar-refractivity contribution in [1.29, 1.82) is 0 Å². The molecule has 2 unspecified atom stereocenters. The lowest BCUT2D eigenvalue weighted by Gasteiger charge is -2.20. The van der Waals surface area contributed by atoms with Gasteiger partial charge in [0.25, 0.3) is 0 Å². The Hall–Kier alpha value is -1.32. The second-order valence-electron chi connectivity index (χ2n) is 4.88. The smallest absolute Gasteiger partial charge is 0.351 e. The van der Waals surface area contributed by atoms with Crippen molar-refractivity contribution >= 4 is 13.4 Å². The molecule has 1 aromatic rings. The Kier molecular flexibility index (Phi) is 4.98. The highest BCUT2D eigenvalue weighted by Crippen LogP contribution is 2.44. The van der Waals surface area contributed by atoms with Crippen molar-refractivity contribution in [3.63, 3.8) is 0 Å². The van der Waals surface area contributed by atoms with Gasteiger partial charge in [0.2, 0.25) is 0 Å². The van der Waals surface area contributed by atoms with E-state index in [0.29, 0.717) is 0 Å². The molecular formula is C11H17FN3O6P. The molecule has 1 aromatic heterocycles. The average Bonchev–Trinajstić information content (AvgIpc) is 2.67. The Morgan fingerprint density at radius 1 is 1.64 bits per heavy atom. The number of methoxy groups -OCH3 is 1. The fraction of sp³-hybridized carbons (Fsp3) is 0.636. The summed E-state index contributed by atoms with van der Waals surface area (Å²) in [4.78, 5) is 24.6. The Morgan fingerprint density at radius 2 is 2.32 bits per heavy atom. The van der Waals surface area contributed by atoms with Gasteiger partial charge in [-0.15, -0.1) is 0 Å². The molecule has 1 aliphatic heterocycles. The van der Waals surface area contributed by atoms with Crippen molar-refractivity contribution in [2.24, 2.45) is 0 Å². The van der Waals surface area contributed by atoms with Crippen LogP contribution < -0.4 is 11.4 Å². The van der Waals surface area contributed by atoms with E-state index in [1.54, 1.807) is 0 Å². The molecule has 0 bridgehead atoms. The molecule has 2 heterocycles. The van der Waals surface area contributed by atoms with Gasteiger partial charge in [0, 0.05) is 20.0 Å². The number of nitrogens with zero attached hydrogens (tertiary/aromatic N) is 2. The van der Waals surface area contributed by atoms with E-state index in [0.717, 1.165) is 11.2 Å². The fourth-order valence-electron chi connectivity index (χ4n) is 2.19. The van der Waals surface area contributed by atoms with Gasteiger partial charge in [-0.2, -0.15) is 4.98 Å². The number of aromatic nitrogens is 2. The van der Waals surface area contributed by atoms with Crippen LogP contribution in [0.2, 0.25) is 0 Å². The van der Waals surface area contributed by atoms with Crippen LogP contribution in [0.3, 0.4) is 0 Å². The van der Waals surface area contributed by atoms with E-state index in [9.17, 15) is 18.6 Å². The average molecular weight is 337 g/mol. The van der Waals surface area contributed by atoms with Crippen LogP contribution in [0.5, 0.6) is 0 Å². The lowest BCUT2D eigenvalue weighted by Crippen LogP contribution is -2.35. The van der Waals surface area contributed by atoms with Crippen LogP contribution in [0.4, 0.5) is 10.2 Å². The van der Waals surface area contributed by atoms with Crippen LogP contribution in [-0.2, 0) is 18.6 Å². The van der Waals surface area contributed by atoms with Gasteiger partial charge in [-0.1, -0.05) is 0 Å².